The van der Waals surface area contributed by atoms with Crippen molar-refractivity contribution in [3.05, 3.63) is 29.8 Å². The minimum Gasteiger partial charge on any atom is -0.490 e. The van der Waals surface area contributed by atoms with Crippen LogP contribution in [0.15, 0.2) is 24.3 Å². The summed E-state index contributed by atoms with van der Waals surface area (Å²) in [6.45, 7) is 10.0. The Labute approximate surface area is 123 Å². The summed E-state index contributed by atoms with van der Waals surface area (Å²) in [5, 5.41) is 3.63. The Balaban J connectivity index is 2.05. The Kier molecular flexibility index (Phi) is 5.09. The van der Waals surface area contributed by atoms with Crippen molar-refractivity contribution in [1.29, 1.82) is 0 Å². The van der Waals surface area contributed by atoms with Crippen molar-refractivity contribution < 1.29 is 4.74 Å². The van der Waals surface area contributed by atoms with Crippen molar-refractivity contribution in [3.8, 4) is 5.75 Å². The molecule has 1 aromatic rings. The fraction of sp³-hybridized carbons (Fsp3) is 0.667. The van der Waals surface area contributed by atoms with Crippen molar-refractivity contribution >= 4 is 0 Å². The second kappa shape index (κ2) is 6.62. The molecule has 0 aliphatic heterocycles. The van der Waals surface area contributed by atoms with Gasteiger partial charge in [0.2, 0.25) is 0 Å². The summed E-state index contributed by atoms with van der Waals surface area (Å²) >= 11 is 0. The monoisotopic (exact) mass is 275 g/mol. The second-order valence-corrected chi connectivity index (χ2v) is 5.89. The number of aryl methyl sites for hydroxylation is 1. The van der Waals surface area contributed by atoms with Gasteiger partial charge in [0.25, 0.3) is 0 Å². The topological polar surface area (TPSA) is 21.3 Å². The smallest absolute Gasteiger partial charge is 0.119 e. The number of benzene rings is 1. The number of hydrogen-bond acceptors (Lipinski definition) is 2. The minimum absolute atomic E-state index is 0.305. The van der Waals surface area contributed by atoms with E-state index in [-0.39, 0.29) is 0 Å². The highest BCUT2D eigenvalue weighted by Gasteiger charge is 2.53. The number of hydrogen-bond donors (Lipinski definition) is 1. The van der Waals surface area contributed by atoms with Gasteiger partial charge < -0.3 is 10.1 Å². The third kappa shape index (κ3) is 2.71. The van der Waals surface area contributed by atoms with Gasteiger partial charge >= 0.3 is 0 Å². The summed E-state index contributed by atoms with van der Waals surface area (Å²) in [4.78, 5) is 0. The standard InChI is InChI=1S/C18H29NO/c1-5-14-9-11-15(12-10-14)20-17-13-16(19-8-4)18(17,6-2)7-3/h9-12,16-17,19H,5-8,13H2,1-4H3. The van der Waals surface area contributed by atoms with Crippen LogP contribution in [0.2, 0.25) is 0 Å². The van der Waals surface area contributed by atoms with Crippen LogP contribution in [0.4, 0.5) is 0 Å². The summed E-state index contributed by atoms with van der Waals surface area (Å²) in [6.07, 6.45) is 4.93. The normalized spacial score (nSPS) is 24.2. The van der Waals surface area contributed by atoms with Crippen molar-refractivity contribution in [2.75, 3.05) is 6.54 Å². The van der Waals surface area contributed by atoms with Gasteiger partial charge in [-0.25, -0.2) is 0 Å². The van der Waals surface area contributed by atoms with Crippen LogP contribution in [0.5, 0.6) is 5.75 Å². The molecule has 2 nitrogen and oxygen atoms in total. The van der Waals surface area contributed by atoms with Crippen LogP contribution in [0.1, 0.15) is 52.5 Å². The van der Waals surface area contributed by atoms with E-state index in [2.05, 4.69) is 57.3 Å². The predicted molar refractivity (Wildman–Crippen MR) is 85.3 cm³/mol. The van der Waals surface area contributed by atoms with Crippen molar-refractivity contribution in [2.24, 2.45) is 5.41 Å². The van der Waals surface area contributed by atoms with Crippen LogP contribution in [-0.2, 0) is 6.42 Å². The van der Waals surface area contributed by atoms with Gasteiger partial charge in [0.05, 0.1) is 0 Å². The highest BCUT2D eigenvalue weighted by molar-refractivity contribution is 5.28. The molecule has 2 rings (SSSR count). The Hall–Kier alpha value is -1.02. The molecule has 1 aliphatic rings. The third-order valence-corrected chi connectivity index (χ3v) is 5.16. The first-order valence-electron chi connectivity index (χ1n) is 8.19. The molecule has 1 aliphatic carbocycles. The maximum absolute atomic E-state index is 6.28. The zero-order chi connectivity index (χ0) is 14.6. The number of rotatable bonds is 7. The average Bonchev–Trinajstić information content (AvgIpc) is 2.48. The van der Waals surface area contributed by atoms with Crippen LogP contribution >= 0.6 is 0 Å². The van der Waals surface area contributed by atoms with E-state index >= 15 is 0 Å². The molecule has 112 valence electrons. The van der Waals surface area contributed by atoms with E-state index in [1.807, 2.05) is 0 Å². The lowest BCUT2D eigenvalue weighted by Crippen LogP contribution is -2.64. The van der Waals surface area contributed by atoms with Gasteiger partial charge in [0.1, 0.15) is 11.9 Å². The molecule has 0 heterocycles. The lowest BCUT2D eigenvalue weighted by molar-refractivity contribution is -0.0854. The van der Waals surface area contributed by atoms with Gasteiger partial charge in [-0.05, 0) is 43.5 Å². The quantitative estimate of drug-likeness (QED) is 0.806. The van der Waals surface area contributed by atoms with Crippen LogP contribution in [0.25, 0.3) is 0 Å². The first-order chi connectivity index (χ1) is 9.70. The Morgan fingerprint density at radius 2 is 1.75 bits per heavy atom. The van der Waals surface area contributed by atoms with E-state index < -0.39 is 0 Å². The molecular formula is C18H29NO. The van der Waals surface area contributed by atoms with Crippen molar-refractivity contribution in [2.45, 2.75) is 65.5 Å². The molecule has 1 fully saturated rings. The summed E-state index contributed by atoms with van der Waals surface area (Å²) < 4.78 is 6.28. The summed E-state index contributed by atoms with van der Waals surface area (Å²) in [5.74, 6) is 1.02. The van der Waals surface area contributed by atoms with E-state index in [9.17, 15) is 0 Å². The maximum Gasteiger partial charge on any atom is 0.119 e. The van der Waals surface area contributed by atoms with Gasteiger partial charge in [0, 0.05) is 17.9 Å². The zero-order valence-corrected chi connectivity index (χ0v) is 13.4. The van der Waals surface area contributed by atoms with Gasteiger partial charge in [0.15, 0.2) is 0 Å². The molecule has 20 heavy (non-hydrogen) atoms. The molecule has 1 saturated carbocycles. The molecule has 0 amide bonds. The zero-order valence-electron chi connectivity index (χ0n) is 13.4. The van der Waals surface area contributed by atoms with E-state index in [1.54, 1.807) is 0 Å². The molecule has 2 heteroatoms. The third-order valence-electron chi connectivity index (χ3n) is 5.16. The largest absolute Gasteiger partial charge is 0.490 e. The van der Waals surface area contributed by atoms with E-state index in [4.69, 9.17) is 4.74 Å². The number of nitrogens with one attached hydrogen (secondary N) is 1. The van der Waals surface area contributed by atoms with Gasteiger partial charge in [-0.15, -0.1) is 0 Å². The van der Waals surface area contributed by atoms with Crippen molar-refractivity contribution in [1.82, 2.24) is 5.32 Å². The molecule has 0 aromatic heterocycles. The molecule has 0 spiro atoms. The molecule has 0 radical (unpaired) electrons. The molecule has 0 bridgehead atoms. The molecular weight excluding hydrogens is 246 g/mol. The van der Waals surface area contributed by atoms with Gasteiger partial charge in [-0.1, -0.05) is 39.8 Å². The first-order valence-corrected chi connectivity index (χ1v) is 8.19. The Morgan fingerprint density at radius 1 is 1.10 bits per heavy atom. The predicted octanol–water partition coefficient (Wildman–Crippen LogP) is 4.18. The molecule has 1 N–H and O–H groups in total. The maximum atomic E-state index is 6.28. The van der Waals surface area contributed by atoms with Gasteiger partial charge in [-0.3, -0.25) is 0 Å². The van der Waals surface area contributed by atoms with Gasteiger partial charge in [-0.2, -0.15) is 0 Å². The van der Waals surface area contributed by atoms with Crippen LogP contribution in [0.3, 0.4) is 0 Å². The van der Waals surface area contributed by atoms with E-state index in [0.717, 1.165) is 25.1 Å². The van der Waals surface area contributed by atoms with Crippen LogP contribution in [0, 0.1) is 5.41 Å². The Bertz CT molecular complexity index is 408. The second-order valence-electron chi connectivity index (χ2n) is 5.89. The van der Waals surface area contributed by atoms with Crippen LogP contribution < -0.4 is 10.1 Å². The molecule has 0 saturated heterocycles. The van der Waals surface area contributed by atoms with Crippen LogP contribution in [-0.4, -0.2) is 18.7 Å². The minimum atomic E-state index is 0.305. The summed E-state index contributed by atoms with van der Waals surface area (Å²) in [5.41, 5.74) is 1.67. The average molecular weight is 275 g/mol. The number of ether oxygens (including phenoxy) is 1. The van der Waals surface area contributed by atoms with E-state index in [1.165, 1.54) is 18.4 Å². The SMILES string of the molecule is CCNC1CC(Oc2ccc(CC)cc2)C1(CC)CC. The summed E-state index contributed by atoms with van der Waals surface area (Å²) in [7, 11) is 0. The molecule has 2 atom stereocenters. The molecule has 2 unspecified atom stereocenters. The van der Waals surface area contributed by atoms with E-state index in [0.29, 0.717) is 17.6 Å². The fourth-order valence-electron chi connectivity index (χ4n) is 3.61. The highest BCUT2D eigenvalue weighted by Crippen LogP contribution is 2.48. The fourth-order valence-corrected chi connectivity index (χ4v) is 3.61. The lowest BCUT2D eigenvalue weighted by Gasteiger charge is -2.55. The highest BCUT2D eigenvalue weighted by atomic mass is 16.5. The first kappa shape index (κ1) is 15.4. The van der Waals surface area contributed by atoms with Crippen molar-refractivity contribution in [3.63, 3.8) is 0 Å². The lowest BCUT2D eigenvalue weighted by atomic mass is 9.58. The molecule has 1 aromatic carbocycles. The summed E-state index contributed by atoms with van der Waals surface area (Å²) in [6, 6.07) is 9.21. The Morgan fingerprint density at radius 3 is 2.25 bits per heavy atom.